The van der Waals surface area contributed by atoms with E-state index in [1.54, 1.807) is 7.11 Å². The van der Waals surface area contributed by atoms with Gasteiger partial charge in [0.05, 0.1) is 6.61 Å². The first-order valence-electron chi connectivity index (χ1n) is 6.87. The predicted molar refractivity (Wildman–Crippen MR) is 91.9 cm³/mol. The summed E-state index contributed by atoms with van der Waals surface area (Å²) in [5.41, 5.74) is 7.27. The molecule has 1 aromatic rings. The van der Waals surface area contributed by atoms with Crippen molar-refractivity contribution in [3.05, 3.63) is 32.7 Å². The lowest BCUT2D eigenvalue weighted by molar-refractivity contribution is 0.112. The average molecular weight is 408 g/mol. The normalized spacial score (nSPS) is 13.2. The van der Waals surface area contributed by atoms with Crippen molar-refractivity contribution >= 4 is 31.9 Å². The second-order valence-corrected chi connectivity index (χ2v) is 7.02. The standard InChI is InChI=1S/C15H24Br2N2O/c1-11(2)10-19(6-7-20-3)15(9-18)12-4-5-13(16)14(17)8-12/h4-5,8,11,15H,6-7,9-10,18H2,1-3H3. The van der Waals surface area contributed by atoms with Crippen molar-refractivity contribution in [1.29, 1.82) is 0 Å². The Morgan fingerprint density at radius 3 is 2.45 bits per heavy atom. The molecule has 0 fully saturated rings. The first-order chi connectivity index (χ1) is 9.49. The molecular formula is C15H24Br2N2O. The minimum Gasteiger partial charge on any atom is -0.383 e. The number of nitrogens with two attached hydrogens (primary N) is 1. The van der Waals surface area contributed by atoms with E-state index in [0.717, 1.165) is 28.6 Å². The third kappa shape index (κ3) is 5.45. The van der Waals surface area contributed by atoms with Gasteiger partial charge in [-0.2, -0.15) is 0 Å². The van der Waals surface area contributed by atoms with E-state index in [9.17, 15) is 0 Å². The first-order valence-corrected chi connectivity index (χ1v) is 8.46. The van der Waals surface area contributed by atoms with E-state index in [4.69, 9.17) is 10.5 Å². The van der Waals surface area contributed by atoms with Gasteiger partial charge in [-0.25, -0.2) is 0 Å². The van der Waals surface area contributed by atoms with Crippen LogP contribution in [-0.4, -0.2) is 38.3 Å². The van der Waals surface area contributed by atoms with Crippen molar-refractivity contribution in [2.45, 2.75) is 19.9 Å². The Morgan fingerprint density at radius 2 is 1.95 bits per heavy atom. The van der Waals surface area contributed by atoms with Crippen LogP contribution >= 0.6 is 31.9 Å². The van der Waals surface area contributed by atoms with Crippen molar-refractivity contribution in [2.24, 2.45) is 11.7 Å². The minimum atomic E-state index is 0.219. The molecule has 0 saturated heterocycles. The van der Waals surface area contributed by atoms with Crippen LogP contribution < -0.4 is 5.73 Å². The van der Waals surface area contributed by atoms with Crippen molar-refractivity contribution < 1.29 is 4.74 Å². The van der Waals surface area contributed by atoms with E-state index in [1.807, 2.05) is 0 Å². The number of benzene rings is 1. The third-order valence-electron chi connectivity index (χ3n) is 3.17. The summed E-state index contributed by atoms with van der Waals surface area (Å²) in [6.45, 7) is 7.68. The molecule has 2 N–H and O–H groups in total. The molecule has 5 heteroatoms. The predicted octanol–water partition coefficient (Wildman–Crippen LogP) is 3.82. The molecule has 0 aromatic heterocycles. The van der Waals surface area contributed by atoms with Gasteiger partial charge in [-0.1, -0.05) is 19.9 Å². The average Bonchev–Trinajstić information content (AvgIpc) is 2.40. The molecule has 20 heavy (non-hydrogen) atoms. The van der Waals surface area contributed by atoms with E-state index in [1.165, 1.54) is 5.56 Å². The maximum atomic E-state index is 6.03. The quantitative estimate of drug-likeness (QED) is 0.711. The molecule has 0 bridgehead atoms. The van der Waals surface area contributed by atoms with Gasteiger partial charge in [0.1, 0.15) is 0 Å². The summed E-state index contributed by atoms with van der Waals surface area (Å²) in [7, 11) is 1.74. The summed E-state index contributed by atoms with van der Waals surface area (Å²) in [6.07, 6.45) is 0. The smallest absolute Gasteiger partial charge is 0.0589 e. The highest BCUT2D eigenvalue weighted by Crippen LogP contribution is 2.29. The summed E-state index contributed by atoms with van der Waals surface area (Å²) in [5, 5.41) is 0. The molecule has 0 radical (unpaired) electrons. The number of halogens is 2. The number of rotatable bonds is 8. The zero-order chi connectivity index (χ0) is 15.1. The largest absolute Gasteiger partial charge is 0.383 e. The van der Waals surface area contributed by atoms with E-state index >= 15 is 0 Å². The maximum Gasteiger partial charge on any atom is 0.0589 e. The lowest BCUT2D eigenvalue weighted by atomic mass is 10.0. The van der Waals surface area contributed by atoms with Crippen molar-refractivity contribution in [3.63, 3.8) is 0 Å². The molecule has 0 aliphatic heterocycles. The van der Waals surface area contributed by atoms with Gasteiger partial charge in [0, 0.05) is 41.7 Å². The van der Waals surface area contributed by atoms with Crippen LogP contribution in [0.3, 0.4) is 0 Å². The molecule has 0 amide bonds. The van der Waals surface area contributed by atoms with Crippen molar-refractivity contribution in [2.75, 3.05) is 33.4 Å². The molecule has 0 saturated carbocycles. The summed E-state index contributed by atoms with van der Waals surface area (Å²) < 4.78 is 7.35. The zero-order valence-corrected chi connectivity index (χ0v) is 15.6. The fourth-order valence-electron chi connectivity index (χ4n) is 2.27. The number of hydrogen-bond donors (Lipinski definition) is 1. The van der Waals surface area contributed by atoms with Crippen LogP contribution in [0.15, 0.2) is 27.1 Å². The van der Waals surface area contributed by atoms with E-state index in [-0.39, 0.29) is 6.04 Å². The van der Waals surface area contributed by atoms with Crippen LogP contribution in [0.1, 0.15) is 25.5 Å². The Morgan fingerprint density at radius 1 is 1.25 bits per heavy atom. The molecule has 1 aromatic carbocycles. The Bertz CT molecular complexity index is 413. The maximum absolute atomic E-state index is 6.03. The molecule has 0 spiro atoms. The van der Waals surface area contributed by atoms with Gasteiger partial charge in [-0.3, -0.25) is 4.90 Å². The molecule has 3 nitrogen and oxygen atoms in total. The lowest BCUT2D eigenvalue weighted by Crippen LogP contribution is -2.38. The van der Waals surface area contributed by atoms with Crippen LogP contribution in [0.5, 0.6) is 0 Å². The van der Waals surface area contributed by atoms with Gasteiger partial charge in [0.2, 0.25) is 0 Å². The molecule has 0 aliphatic carbocycles. The zero-order valence-electron chi connectivity index (χ0n) is 12.4. The highest BCUT2D eigenvalue weighted by molar-refractivity contribution is 9.13. The minimum absolute atomic E-state index is 0.219. The van der Waals surface area contributed by atoms with Gasteiger partial charge in [0.25, 0.3) is 0 Å². The second kappa shape index (κ2) is 9.15. The summed E-state index contributed by atoms with van der Waals surface area (Å²) in [5.74, 6) is 0.597. The Balaban J connectivity index is 2.94. The van der Waals surface area contributed by atoms with Gasteiger partial charge >= 0.3 is 0 Å². The molecule has 1 atom stereocenters. The third-order valence-corrected chi connectivity index (χ3v) is 5.05. The molecule has 0 heterocycles. The van der Waals surface area contributed by atoms with E-state index in [0.29, 0.717) is 12.5 Å². The first kappa shape index (κ1) is 18.1. The summed E-state index contributed by atoms with van der Waals surface area (Å²) in [4.78, 5) is 2.41. The highest BCUT2D eigenvalue weighted by atomic mass is 79.9. The molecule has 1 unspecified atom stereocenters. The fourth-order valence-corrected chi connectivity index (χ4v) is 2.91. The molecular weight excluding hydrogens is 384 g/mol. The molecule has 0 aliphatic rings. The molecule has 1 rings (SSSR count). The number of hydrogen-bond acceptors (Lipinski definition) is 3. The van der Waals surface area contributed by atoms with Crippen molar-refractivity contribution in [1.82, 2.24) is 4.90 Å². The Kier molecular flexibility index (Phi) is 8.29. The fraction of sp³-hybridized carbons (Fsp3) is 0.600. The van der Waals surface area contributed by atoms with Crippen LogP contribution in [-0.2, 0) is 4.74 Å². The van der Waals surface area contributed by atoms with Gasteiger partial charge in [-0.05, 0) is 55.5 Å². The van der Waals surface area contributed by atoms with Crippen LogP contribution in [0, 0.1) is 5.92 Å². The van der Waals surface area contributed by atoms with Crippen LogP contribution in [0.25, 0.3) is 0 Å². The van der Waals surface area contributed by atoms with Crippen molar-refractivity contribution in [3.8, 4) is 0 Å². The topological polar surface area (TPSA) is 38.5 Å². The van der Waals surface area contributed by atoms with E-state index in [2.05, 4.69) is 68.8 Å². The van der Waals surface area contributed by atoms with Gasteiger partial charge < -0.3 is 10.5 Å². The number of nitrogens with zero attached hydrogens (tertiary/aromatic N) is 1. The SMILES string of the molecule is COCCN(CC(C)C)C(CN)c1ccc(Br)c(Br)c1. The number of methoxy groups -OCH3 is 1. The second-order valence-electron chi connectivity index (χ2n) is 5.31. The monoisotopic (exact) mass is 406 g/mol. The van der Waals surface area contributed by atoms with Gasteiger partial charge in [-0.15, -0.1) is 0 Å². The lowest BCUT2D eigenvalue weighted by Gasteiger charge is -2.32. The Labute approximate surface area is 139 Å². The molecule has 114 valence electrons. The Hall–Kier alpha value is 0.0600. The van der Waals surface area contributed by atoms with Gasteiger partial charge in [0.15, 0.2) is 0 Å². The van der Waals surface area contributed by atoms with Crippen LogP contribution in [0.4, 0.5) is 0 Å². The summed E-state index contributed by atoms with van der Waals surface area (Å²) >= 11 is 7.07. The highest BCUT2D eigenvalue weighted by Gasteiger charge is 2.20. The number of ether oxygens (including phenoxy) is 1. The van der Waals surface area contributed by atoms with Crippen LogP contribution in [0.2, 0.25) is 0 Å². The van der Waals surface area contributed by atoms with E-state index < -0.39 is 0 Å². The summed E-state index contributed by atoms with van der Waals surface area (Å²) in [6, 6.07) is 6.55.